The van der Waals surface area contributed by atoms with Crippen molar-refractivity contribution in [2.45, 2.75) is 40.0 Å². The Balaban J connectivity index is 3.05. The molecule has 1 rings (SSSR count). The van der Waals surface area contributed by atoms with E-state index in [0.717, 1.165) is 24.1 Å². The number of anilines is 1. The van der Waals surface area contributed by atoms with E-state index in [1.807, 2.05) is 45.0 Å². The lowest BCUT2D eigenvalue weighted by Gasteiger charge is -2.27. The third-order valence-electron chi connectivity index (χ3n) is 3.56. The number of hydrogen-bond donors (Lipinski definition) is 1. The van der Waals surface area contributed by atoms with Crippen LogP contribution < -0.4 is 4.90 Å². The smallest absolute Gasteiger partial charge is 0.305 e. The van der Waals surface area contributed by atoms with Gasteiger partial charge in [-0.2, -0.15) is 0 Å². The Labute approximate surface area is 120 Å². The monoisotopic (exact) mass is 277 g/mol. The Kier molecular flexibility index (Phi) is 6.22. The molecule has 0 aliphatic rings. The van der Waals surface area contributed by atoms with E-state index in [4.69, 9.17) is 5.11 Å². The van der Waals surface area contributed by atoms with Gasteiger partial charge in [-0.05, 0) is 31.4 Å². The number of rotatable bonds is 7. The second-order valence-electron chi connectivity index (χ2n) is 4.93. The van der Waals surface area contributed by atoms with Gasteiger partial charge in [0, 0.05) is 18.2 Å². The summed E-state index contributed by atoms with van der Waals surface area (Å²) < 4.78 is 0. The molecule has 0 atom stereocenters. The van der Waals surface area contributed by atoms with Crippen molar-refractivity contribution in [3.8, 4) is 0 Å². The molecule has 1 amide bonds. The van der Waals surface area contributed by atoms with Crippen molar-refractivity contribution < 1.29 is 14.7 Å². The molecule has 1 aromatic rings. The molecule has 0 fully saturated rings. The summed E-state index contributed by atoms with van der Waals surface area (Å²) in [5.74, 6) is -0.921. The van der Waals surface area contributed by atoms with Crippen molar-refractivity contribution in [2.75, 3.05) is 11.4 Å². The number of carbonyl (C=O) groups is 2. The van der Waals surface area contributed by atoms with Crippen molar-refractivity contribution in [3.05, 3.63) is 29.8 Å². The van der Waals surface area contributed by atoms with E-state index in [-0.39, 0.29) is 24.8 Å². The van der Waals surface area contributed by atoms with Gasteiger partial charge >= 0.3 is 5.97 Å². The minimum atomic E-state index is -0.888. The molecule has 1 N–H and O–H groups in total. The van der Waals surface area contributed by atoms with Crippen LogP contribution in [0.5, 0.6) is 0 Å². The molecule has 4 heteroatoms. The zero-order valence-electron chi connectivity index (χ0n) is 12.4. The average Bonchev–Trinajstić information content (AvgIpc) is 2.42. The minimum Gasteiger partial charge on any atom is -0.481 e. The van der Waals surface area contributed by atoms with E-state index < -0.39 is 5.97 Å². The molecular weight excluding hydrogens is 254 g/mol. The maximum Gasteiger partial charge on any atom is 0.305 e. The van der Waals surface area contributed by atoms with E-state index in [1.165, 1.54) is 0 Å². The van der Waals surface area contributed by atoms with E-state index >= 15 is 0 Å². The number of hydrogen-bond acceptors (Lipinski definition) is 2. The standard InChI is InChI=1S/C16H23NO3/c1-4-13(5-2)16(20)17(11-10-15(18)19)14-9-7-6-8-12(14)3/h6-9,13H,4-5,10-11H2,1-3H3,(H,18,19). The minimum absolute atomic E-state index is 0.0190. The molecule has 0 saturated carbocycles. The first-order valence-electron chi connectivity index (χ1n) is 7.10. The highest BCUT2D eigenvalue weighted by atomic mass is 16.4. The molecule has 110 valence electrons. The molecule has 20 heavy (non-hydrogen) atoms. The zero-order chi connectivity index (χ0) is 15.1. The molecule has 0 radical (unpaired) electrons. The Hall–Kier alpha value is -1.84. The number of amides is 1. The van der Waals surface area contributed by atoms with Crippen LogP contribution in [-0.4, -0.2) is 23.5 Å². The Morgan fingerprint density at radius 1 is 1.20 bits per heavy atom. The summed E-state index contributed by atoms with van der Waals surface area (Å²) >= 11 is 0. The topological polar surface area (TPSA) is 57.6 Å². The third-order valence-corrected chi connectivity index (χ3v) is 3.56. The van der Waals surface area contributed by atoms with E-state index in [9.17, 15) is 9.59 Å². The highest BCUT2D eigenvalue weighted by molar-refractivity contribution is 5.96. The van der Waals surface area contributed by atoms with E-state index in [1.54, 1.807) is 4.90 Å². The molecule has 0 bridgehead atoms. The first-order chi connectivity index (χ1) is 9.51. The third kappa shape index (κ3) is 4.08. The van der Waals surface area contributed by atoms with E-state index in [2.05, 4.69) is 0 Å². The SMILES string of the molecule is CCC(CC)C(=O)N(CCC(=O)O)c1ccccc1C. The lowest BCUT2D eigenvalue weighted by atomic mass is 10.0. The van der Waals surface area contributed by atoms with Crippen LogP contribution in [0.2, 0.25) is 0 Å². The highest BCUT2D eigenvalue weighted by Crippen LogP contribution is 2.23. The second kappa shape index (κ2) is 7.68. The molecule has 0 aromatic heterocycles. The number of carbonyl (C=O) groups excluding carboxylic acids is 1. The summed E-state index contributed by atoms with van der Waals surface area (Å²) in [4.78, 5) is 25.0. The Morgan fingerprint density at radius 2 is 1.80 bits per heavy atom. The molecule has 0 unspecified atom stereocenters. The van der Waals surface area contributed by atoms with Gasteiger partial charge in [0.05, 0.1) is 6.42 Å². The largest absolute Gasteiger partial charge is 0.481 e. The lowest BCUT2D eigenvalue weighted by Crippen LogP contribution is -2.38. The van der Waals surface area contributed by atoms with Crippen LogP contribution in [-0.2, 0) is 9.59 Å². The van der Waals surface area contributed by atoms with Gasteiger partial charge in [0.2, 0.25) is 5.91 Å². The fraction of sp³-hybridized carbons (Fsp3) is 0.500. The van der Waals surface area contributed by atoms with E-state index in [0.29, 0.717) is 0 Å². The average molecular weight is 277 g/mol. The predicted octanol–water partition coefficient (Wildman–Crippen LogP) is 3.24. The van der Waals surface area contributed by atoms with Gasteiger partial charge in [-0.1, -0.05) is 32.0 Å². The van der Waals surface area contributed by atoms with Gasteiger partial charge < -0.3 is 10.0 Å². The molecule has 0 spiro atoms. The summed E-state index contributed by atoms with van der Waals surface area (Å²) in [7, 11) is 0. The van der Waals surface area contributed by atoms with Gasteiger partial charge in [0.25, 0.3) is 0 Å². The van der Waals surface area contributed by atoms with Crippen molar-refractivity contribution >= 4 is 17.6 Å². The fourth-order valence-electron chi connectivity index (χ4n) is 2.28. The summed E-state index contributed by atoms with van der Waals surface area (Å²) in [5.41, 5.74) is 1.79. The van der Waals surface area contributed by atoms with Crippen LogP contribution in [0.25, 0.3) is 0 Å². The molecule has 0 saturated heterocycles. The molecule has 0 aliphatic heterocycles. The summed E-state index contributed by atoms with van der Waals surface area (Å²) in [6.45, 7) is 6.12. The van der Waals surface area contributed by atoms with Crippen molar-refractivity contribution in [1.82, 2.24) is 0 Å². The first-order valence-corrected chi connectivity index (χ1v) is 7.10. The number of aryl methyl sites for hydroxylation is 1. The lowest BCUT2D eigenvalue weighted by molar-refractivity contribution is -0.136. The molecule has 1 aromatic carbocycles. The van der Waals surface area contributed by atoms with Gasteiger partial charge in [0.1, 0.15) is 0 Å². The van der Waals surface area contributed by atoms with Gasteiger partial charge in [-0.3, -0.25) is 9.59 Å². The van der Waals surface area contributed by atoms with Gasteiger partial charge in [-0.25, -0.2) is 0 Å². The number of para-hydroxylation sites is 1. The van der Waals surface area contributed by atoms with Crippen LogP contribution in [0, 0.1) is 12.8 Å². The summed E-state index contributed by atoms with van der Waals surface area (Å²) in [5, 5.41) is 8.88. The predicted molar refractivity (Wildman–Crippen MR) is 79.9 cm³/mol. The van der Waals surface area contributed by atoms with Crippen molar-refractivity contribution in [3.63, 3.8) is 0 Å². The Morgan fingerprint density at radius 3 is 2.30 bits per heavy atom. The normalized spacial score (nSPS) is 10.6. The number of carboxylic acid groups (broad SMARTS) is 1. The fourth-order valence-corrected chi connectivity index (χ4v) is 2.28. The van der Waals surface area contributed by atoms with Crippen LogP contribution >= 0.6 is 0 Å². The maximum atomic E-state index is 12.6. The Bertz CT molecular complexity index is 467. The van der Waals surface area contributed by atoms with Crippen LogP contribution in [0.4, 0.5) is 5.69 Å². The quantitative estimate of drug-likeness (QED) is 0.832. The highest BCUT2D eigenvalue weighted by Gasteiger charge is 2.24. The molecule has 0 aliphatic carbocycles. The summed E-state index contributed by atoms with van der Waals surface area (Å²) in [6.07, 6.45) is 1.50. The maximum absolute atomic E-state index is 12.6. The first kappa shape index (κ1) is 16.2. The molecule has 0 heterocycles. The van der Waals surface area contributed by atoms with Crippen LogP contribution in [0.15, 0.2) is 24.3 Å². The van der Waals surface area contributed by atoms with Gasteiger partial charge in [-0.15, -0.1) is 0 Å². The van der Waals surface area contributed by atoms with Gasteiger partial charge in [0.15, 0.2) is 0 Å². The number of aliphatic carboxylic acids is 1. The zero-order valence-corrected chi connectivity index (χ0v) is 12.4. The second-order valence-corrected chi connectivity index (χ2v) is 4.93. The van der Waals surface area contributed by atoms with Crippen molar-refractivity contribution in [1.29, 1.82) is 0 Å². The summed E-state index contributed by atoms with van der Waals surface area (Å²) in [6, 6.07) is 7.59. The number of benzene rings is 1. The van der Waals surface area contributed by atoms with Crippen molar-refractivity contribution in [2.24, 2.45) is 5.92 Å². The van der Waals surface area contributed by atoms with Crippen LogP contribution in [0.1, 0.15) is 38.7 Å². The van der Waals surface area contributed by atoms with Crippen LogP contribution in [0.3, 0.4) is 0 Å². The molecule has 4 nitrogen and oxygen atoms in total. The number of carboxylic acids is 1. The number of nitrogens with zero attached hydrogens (tertiary/aromatic N) is 1. The molecular formula is C16H23NO3.